The molecule has 21 heavy (non-hydrogen) atoms. The van der Waals surface area contributed by atoms with Gasteiger partial charge in [0.2, 0.25) is 5.95 Å². The second-order valence-corrected chi connectivity index (χ2v) is 5.55. The number of aromatic nitrogens is 5. The average molecular weight is 284 g/mol. The van der Waals surface area contributed by atoms with E-state index in [0.717, 1.165) is 18.7 Å². The van der Waals surface area contributed by atoms with Crippen molar-refractivity contribution in [2.45, 2.75) is 51.4 Å². The van der Waals surface area contributed by atoms with Gasteiger partial charge >= 0.3 is 0 Å². The highest BCUT2D eigenvalue weighted by molar-refractivity contribution is 5.49. The highest BCUT2D eigenvalue weighted by Gasteiger charge is 2.19. The van der Waals surface area contributed by atoms with Crippen LogP contribution in [-0.2, 0) is 0 Å². The quantitative estimate of drug-likeness (QED) is 0.852. The molecule has 1 saturated carbocycles. The summed E-state index contributed by atoms with van der Waals surface area (Å²) < 4.78 is 0. The molecule has 0 aromatic carbocycles. The molecule has 0 amide bonds. The van der Waals surface area contributed by atoms with Gasteiger partial charge in [0.05, 0.1) is 0 Å². The smallest absolute Gasteiger partial charge is 0.223 e. The Kier molecular flexibility index (Phi) is 4.03. The van der Waals surface area contributed by atoms with Crippen LogP contribution in [0.1, 0.15) is 56.1 Å². The fourth-order valence-corrected chi connectivity index (χ4v) is 2.82. The summed E-state index contributed by atoms with van der Waals surface area (Å²) in [6.07, 6.45) is 9.04. The Morgan fingerprint density at radius 2 is 1.76 bits per heavy atom. The third-order valence-corrected chi connectivity index (χ3v) is 3.90. The minimum Gasteiger partial charge on any atom is -0.368 e. The van der Waals surface area contributed by atoms with E-state index in [4.69, 9.17) is 5.73 Å². The summed E-state index contributed by atoms with van der Waals surface area (Å²) in [6.45, 7) is 1.85. The zero-order valence-corrected chi connectivity index (χ0v) is 12.3. The fourth-order valence-electron chi connectivity index (χ4n) is 2.82. The van der Waals surface area contributed by atoms with E-state index in [1.807, 2.05) is 6.92 Å². The van der Waals surface area contributed by atoms with E-state index in [9.17, 15) is 0 Å². The van der Waals surface area contributed by atoms with Crippen molar-refractivity contribution in [2.24, 2.45) is 0 Å². The monoisotopic (exact) mass is 284 g/mol. The van der Waals surface area contributed by atoms with Crippen LogP contribution in [0.25, 0.3) is 11.5 Å². The van der Waals surface area contributed by atoms with Crippen LogP contribution in [0.2, 0.25) is 0 Å². The third kappa shape index (κ3) is 3.32. The van der Waals surface area contributed by atoms with Gasteiger partial charge in [-0.25, -0.2) is 15.0 Å². The lowest BCUT2D eigenvalue weighted by Crippen LogP contribution is -2.10. The first-order valence-corrected chi connectivity index (χ1v) is 7.54. The van der Waals surface area contributed by atoms with Crippen LogP contribution in [0.4, 0.5) is 5.95 Å². The Bertz CT molecular complexity index is 619. The average Bonchev–Trinajstić information content (AvgIpc) is 2.76. The fraction of sp³-hybridized carbons (Fsp3) is 0.533. The van der Waals surface area contributed by atoms with E-state index in [1.54, 1.807) is 12.3 Å². The summed E-state index contributed by atoms with van der Waals surface area (Å²) in [6, 6.07) is 1.80. The van der Waals surface area contributed by atoms with Gasteiger partial charge in [-0.3, -0.25) is 0 Å². The Morgan fingerprint density at radius 1 is 1.00 bits per heavy atom. The number of anilines is 1. The van der Waals surface area contributed by atoms with E-state index in [1.165, 1.54) is 25.7 Å². The molecule has 6 heteroatoms. The lowest BCUT2D eigenvalue weighted by Gasteiger charge is -2.13. The molecule has 0 unspecified atom stereocenters. The van der Waals surface area contributed by atoms with Crippen molar-refractivity contribution in [3.63, 3.8) is 0 Å². The minimum atomic E-state index is 0.274. The van der Waals surface area contributed by atoms with E-state index in [-0.39, 0.29) is 5.95 Å². The van der Waals surface area contributed by atoms with Gasteiger partial charge in [-0.15, -0.1) is 0 Å². The molecule has 2 heterocycles. The highest BCUT2D eigenvalue weighted by Crippen LogP contribution is 2.30. The van der Waals surface area contributed by atoms with E-state index >= 15 is 0 Å². The lowest BCUT2D eigenvalue weighted by atomic mass is 9.99. The molecular formula is C15H20N6. The summed E-state index contributed by atoms with van der Waals surface area (Å²) in [5, 5.41) is 0. The number of nitrogens with two attached hydrogens (primary N) is 1. The Hall–Kier alpha value is -2.11. The van der Waals surface area contributed by atoms with Crippen LogP contribution in [0.15, 0.2) is 12.3 Å². The van der Waals surface area contributed by atoms with Crippen molar-refractivity contribution >= 4 is 5.95 Å². The lowest BCUT2D eigenvalue weighted by molar-refractivity contribution is 0.559. The Balaban J connectivity index is 1.95. The van der Waals surface area contributed by atoms with E-state index in [0.29, 0.717) is 23.3 Å². The molecule has 110 valence electrons. The first-order valence-electron chi connectivity index (χ1n) is 7.54. The van der Waals surface area contributed by atoms with Gasteiger partial charge in [0.15, 0.2) is 5.82 Å². The van der Waals surface area contributed by atoms with Gasteiger partial charge in [0, 0.05) is 12.1 Å². The topological polar surface area (TPSA) is 90.5 Å². The minimum absolute atomic E-state index is 0.274. The number of hydrogen-bond donors (Lipinski definition) is 1. The van der Waals surface area contributed by atoms with Gasteiger partial charge in [-0.05, 0) is 25.8 Å². The van der Waals surface area contributed by atoms with E-state index < -0.39 is 0 Å². The number of aryl methyl sites for hydroxylation is 1. The highest BCUT2D eigenvalue weighted by atomic mass is 15.1. The number of hydrogen-bond acceptors (Lipinski definition) is 6. The molecule has 0 aliphatic heterocycles. The van der Waals surface area contributed by atoms with Crippen LogP contribution in [0.3, 0.4) is 0 Å². The summed E-state index contributed by atoms with van der Waals surface area (Å²) in [4.78, 5) is 21.7. The molecule has 1 aliphatic rings. The largest absolute Gasteiger partial charge is 0.368 e. The van der Waals surface area contributed by atoms with Gasteiger partial charge in [0.1, 0.15) is 17.3 Å². The zero-order chi connectivity index (χ0) is 14.7. The Morgan fingerprint density at radius 3 is 2.48 bits per heavy atom. The van der Waals surface area contributed by atoms with Gasteiger partial charge in [-0.1, -0.05) is 25.7 Å². The predicted octanol–water partition coefficient (Wildman–Crippen LogP) is 2.66. The number of rotatable bonds is 2. The molecular weight excluding hydrogens is 264 g/mol. The van der Waals surface area contributed by atoms with Crippen molar-refractivity contribution in [3.05, 3.63) is 23.9 Å². The second kappa shape index (κ2) is 6.11. The molecule has 2 aromatic rings. The maximum absolute atomic E-state index is 5.87. The van der Waals surface area contributed by atoms with Crippen LogP contribution in [-0.4, -0.2) is 24.9 Å². The first kappa shape index (κ1) is 13.9. The van der Waals surface area contributed by atoms with E-state index in [2.05, 4.69) is 24.9 Å². The Labute approximate surface area is 124 Å². The van der Waals surface area contributed by atoms with Crippen molar-refractivity contribution in [2.75, 3.05) is 5.73 Å². The van der Waals surface area contributed by atoms with Crippen molar-refractivity contribution in [3.8, 4) is 11.5 Å². The molecule has 2 N–H and O–H groups in total. The zero-order valence-electron chi connectivity index (χ0n) is 12.3. The number of nitrogen functional groups attached to an aromatic ring is 1. The predicted molar refractivity (Wildman–Crippen MR) is 80.4 cm³/mol. The normalized spacial score (nSPS) is 16.6. The van der Waals surface area contributed by atoms with Crippen molar-refractivity contribution < 1.29 is 0 Å². The first-order chi connectivity index (χ1) is 10.2. The summed E-state index contributed by atoms with van der Waals surface area (Å²) >= 11 is 0. The van der Waals surface area contributed by atoms with Gasteiger partial charge in [-0.2, -0.15) is 9.97 Å². The summed E-state index contributed by atoms with van der Waals surface area (Å²) in [5.41, 5.74) is 6.58. The van der Waals surface area contributed by atoms with Gasteiger partial charge < -0.3 is 5.73 Å². The number of nitrogens with zero attached hydrogens (tertiary/aromatic N) is 5. The van der Waals surface area contributed by atoms with Crippen LogP contribution >= 0.6 is 0 Å². The maximum atomic E-state index is 5.87. The molecule has 0 radical (unpaired) electrons. The van der Waals surface area contributed by atoms with Crippen LogP contribution in [0.5, 0.6) is 0 Å². The van der Waals surface area contributed by atoms with Crippen molar-refractivity contribution in [1.82, 2.24) is 24.9 Å². The summed E-state index contributed by atoms with van der Waals surface area (Å²) in [5.74, 6) is 2.72. The molecule has 1 fully saturated rings. The van der Waals surface area contributed by atoms with Gasteiger partial charge in [0.25, 0.3) is 0 Å². The molecule has 3 rings (SSSR count). The molecule has 0 spiro atoms. The maximum Gasteiger partial charge on any atom is 0.223 e. The SMILES string of the molecule is Cc1nccc(-c2nc(N)nc(C3CCCCCC3)n2)n1. The van der Waals surface area contributed by atoms with Crippen LogP contribution in [0, 0.1) is 6.92 Å². The van der Waals surface area contributed by atoms with Crippen molar-refractivity contribution in [1.29, 1.82) is 0 Å². The molecule has 0 bridgehead atoms. The standard InChI is InChI=1S/C15H20N6/c1-10-17-9-8-12(18-10)14-19-13(20-15(16)21-14)11-6-4-2-3-5-7-11/h8-9,11H,2-7H2,1H3,(H2,16,19,20,21). The van der Waals surface area contributed by atoms with Crippen LogP contribution < -0.4 is 5.73 Å². The molecule has 1 aliphatic carbocycles. The molecule has 0 atom stereocenters. The summed E-state index contributed by atoms with van der Waals surface area (Å²) in [7, 11) is 0. The second-order valence-electron chi connectivity index (χ2n) is 5.55. The molecule has 2 aromatic heterocycles. The third-order valence-electron chi connectivity index (χ3n) is 3.90. The molecule has 6 nitrogen and oxygen atoms in total. The molecule has 0 saturated heterocycles.